The maximum absolute atomic E-state index is 12.3. The minimum Gasteiger partial charge on any atom is -0.395 e. The second-order valence-corrected chi connectivity index (χ2v) is 5.22. The lowest BCUT2D eigenvalue weighted by molar-refractivity contribution is -0.135. The summed E-state index contributed by atoms with van der Waals surface area (Å²) in [6.07, 6.45) is 0. The zero-order valence-electron chi connectivity index (χ0n) is 10.7. The normalized spacial score (nSPS) is 15.7. The lowest BCUT2D eigenvalue weighted by atomic mass is 10.1. The number of carbonyl (C=O) groups is 2. The van der Waals surface area contributed by atoms with Gasteiger partial charge in [-0.1, -0.05) is 29.3 Å². The number of aliphatic hydroxyl groups excluding tert-OH is 1. The topological polar surface area (TPSA) is 60.9 Å². The maximum atomic E-state index is 12.3. The summed E-state index contributed by atoms with van der Waals surface area (Å²) in [5.41, 5.74) is 0.294. The number of carbonyl (C=O) groups excluding carboxylic acids is 2. The van der Waals surface area contributed by atoms with Crippen molar-refractivity contribution in [2.24, 2.45) is 0 Å². The molecule has 0 saturated carbocycles. The number of aliphatic hydroxyl groups is 1. The highest BCUT2D eigenvalue weighted by atomic mass is 35.5. The molecule has 1 aromatic rings. The first-order chi connectivity index (χ1) is 9.54. The Labute approximate surface area is 126 Å². The lowest BCUT2D eigenvalue weighted by Crippen LogP contribution is -2.52. The van der Waals surface area contributed by atoms with Gasteiger partial charge in [0.05, 0.1) is 22.2 Å². The van der Waals surface area contributed by atoms with Crippen LogP contribution in [0.1, 0.15) is 10.4 Å². The molecule has 1 heterocycles. The minimum atomic E-state index is -0.311. The van der Waals surface area contributed by atoms with Crippen LogP contribution >= 0.6 is 23.2 Å². The number of piperazine rings is 1. The number of rotatable bonds is 3. The molecule has 1 fully saturated rings. The Kier molecular flexibility index (Phi) is 4.86. The molecule has 0 bridgehead atoms. The second kappa shape index (κ2) is 6.43. The van der Waals surface area contributed by atoms with Gasteiger partial charge in [-0.15, -0.1) is 0 Å². The van der Waals surface area contributed by atoms with E-state index in [9.17, 15) is 9.59 Å². The predicted octanol–water partition coefficient (Wildman–Crippen LogP) is 1.27. The minimum absolute atomic E-state index is 0.0122. The first-order valence-electron chi connectivity index (χ1n) is 6.16. The van der Waals surface area contributed by atoms with Gasteiger partial charge in [-0.3, -0.25) is 9.59 Å². The highest BCUT2D eigenvalue weighted by molar-refractivity contribution is 6.43. The molecule has 1 saturated heterocycles. The van der Waals surface area contributed by atoms with Crippen LogP contribution in [0.4, 0.5) is 0 Å². The van der Waals surface area contributed by atoms with Gasteiger partial charge in [0, 0.05) is 19.6 Å². The first-order valence-corrected chi connectivity index (χ1v) is 6.92. The number of hydrogen-bond donors (Lipinski definition) is 1. The largest absolute Gasteiger partial charge is 0.395 e. The molecule has 0 aromatic heterocycles. The van der Waals surface area contributed by atoms with Crippen LogP contribution in [0.5, 0.6) is 0 Å². The van der Waals surface area contributed by atoms with Gasteiger partial charge in [0.15, 0.2) is 0 Å². The van der Waals surface area contributed by atoms with Crippen molar-refractivity contribution in [3.05, 3.63) is 33.8 Å². The van der Waals surface area contributed by atoms with Crippen molar-refractivity contribution in [3.8, 4) is 0 Å². The number of halogens is 2. The van der Waals surface area contributed by atoms with Gasteiger partial charge in [-0.2, -0.15) is 0 Å². The Morgan fingerprint density at radius 2 is 2.05 bits per heavy atom. The molecular formula is C13H14Cl2N2O3. The average molecular weight is 317 g/mol. The van der Waals surface area contributed by atoms with Gasteiger partial charge in [-0.05, 0) is 12.1 Å². The van der Waals surface area contributed by atoms with Gasteiger partial charge in [-0.25, -0.2) is 0 Å². The predicted molar refractivity (Wildman–Crippen MR) is 76.0 cm³/mol. The Bertz CT molecular complexity index is 536. The molecule has 1 aliphatic rings. The van der Waals surface area contributed by atoms with Crippen LogP contribution in [0, 0.1) is 0 Å². The summed E-state index contributed by atoms with van der Waals surface area (Å²) in [6.45, 7) is 1.01. The van der Waals surface area contributed by atoms with Crippen molar-refractivity contribution in [2.45, 2.75) is 0 Å². The van der Waals surface area contributed by atoms with E-state index in [2.05, 4.69) is 0 Å². The number of benzene rings is 1. The van der Waals surface area contributed by atoms with Crippen LogP contribution in [0.2, 0.25) is 10.0 Å². The molecule has 1 aromatic carbocycles. The van der Waals surface area contributed by atoms with E-state index in [0.29, 0.717) is 30.2 Å². The Morgan fingerprint density at radius 3 is 2.70 bits per heavy atom. The van der Waals surface area contributed by atoms with Crippen molar-refractivity contribution in [2.75, 3.05) is 32.8 Å². The Morgan fingerprint density at radius 1 is 1.30 bits per heavy atom. The number of hydrogen-bond acceptors (Lipinski definition) is 3. The van der Waals surface area contributed by atoms with E-state index < -0.39 is 0 Å². The van der Waals surface area contributed by atoms with Crippen LogP contribution in [0.25, 0.3) is 0 Å². The third-order valence-electron chi connectivity index (χ3n) is 3.16. The van der Waals surface area contributed by atoms with Gasteiger partial charge < -0.3 is 14.9 Å². The van der Waals surface area contributed by atoms with Gasteiger partial charge in [0.2, 0.25) is 5.91 Å². The molecule has 1 N–H and O–H groups in total. The van der Waals surface area contributed by atoms with Crippen molar-refractivity contribution < 1.29 is 14.7 Å². The fourth-order valence-corrected chi connectivity index (χ4v) is 2.46. The molecule has 20 heavy (non-hydrogen) atoms. The highest BCUT2D eigenvalue weighted by Gasteiger charge is 2.28. The molecule has 0 atom stereocenters. The average Bonchev–Trinajstić information content (AvgIpc) is 2.43. The molecule has 1 aliphatic heterocycles. The smallest absolute Gasteiger partial charge is 0.255 e. The van der Waals surface area contributed by atoms with Crippen molar-refractivity contribution in [1.29, 1.82) is 0 Å². The van der Waals surface area contributed by atoms with E-state index in [1.807, 2.05) is 0 Å². The zero-order chi connectivity index (χ0) is 14.7. The van der Waals surface area contributed by atoms with Crippen LogP contribution in [-0.4, -0.2) is 59.5 Å². The molecule has 2 amide bonds. The van der Waals surface area contributed by atoms with Crippen LogP contribution in [0.15, 0.2) is 18.2 Å². The van der Waals surface area contributed by atoms with E-state index in [4.69, 9.17) is 28.3 Å². The highest BCUT2D eigenvalue weighted by Crippen LogP contribution is 2.26. The third kappa shape index (κ3) is 3.06. The van der Waals surface area contributed by atoms with Crippen molar-refractivity contribution in [1.82, 2.24) is 9.80 Å². The molecule has 0 unspecified atom stereocenters. The van der Waals surface area contributed by atoms with Crippen LogP contribution in [-0.2, 0) is 4.79 Å². The SMILES string of the molecule is O=C1CN(C(=O)c2cccc(Cl)c2Cl)CCN1CCO. The first kappa shape index (κ1) is 15.1. The number of amides is 2. The van der Waals surface area contributed by atoms with E-state index >= 15 is 0 Å². The summed E-state index contributed by atoms with van der Waals surface area (Å²) in [7, 11) is 0. The number of β-amino-alcohol motifs (C(OH)–C–C–N with tert-alkyl or cyclic N) is 1. The summed E-state index contributed by atoms with van der Waals surface area (Å²) in [5, 5.41) is 9.36. The fourth-order valence-electron chi connectivity index (χ4n) is 2.08. The van der Waals surface area contributed by atoms with Crippen LogP contribution < -0.4 is 0 Å². The summed E-state index contributed by atoms with van der Waals surface area (Å²) in [5.74, 6) is -0.494. The third-order valence-corrected chi connectivity index (χ3v) is 3.98. The lowest BCUT2D eigenvalue weighted by Gasteiger charge is -2.34. The van der Waals surface area contributed by atoms with E-state index in [-0.39, 0.29) is 30.0 Å². The Hall–Kier alpha value is -1.30. The molecule has 108 valence electrons. The fraction of sp³-hybridized carbons (Fsp3) is 0.385. The molecule has 5 nitrogen and oxygen atoms in total. The number of nitrogens with zero attached hydrogens (tertiary/aromatic N) is 2. The second-order valence-electron chi connectivity index (χ2n) is 4.43. The maximum Gasteiger partial charge on any atom is 0.255 e. The molecule has 2 rings (SSSR count). The van der Waals surface area contributed by atoms with Crippen LogP contribution in [0.3, 0.4) is 0 Å². The van der Waals surface area contributed by atoms with Gasteiger partial charge in [0.25, 0.3) is 5.91 Å². The zero-order valence-corrected chi connectivity index (χ0v) is 12.2. The monoisotopic (exact) mass is 316 g/mol. The van der Waals surface area contributed by atoms with E-state index in [1.165, 1.54) is 9.80 Å². The molecule has 7 heteroatoms. The quantitative estimate of drug-likeness (QED) is 0.913. The summed E-state index contributed by atoms with van der Waals surface area (Å²) in [6, 6.07) is 4.83. The molecule has 0 spiro atoms. The van der Waals surface area contributed by atoms with Gasteiger partial charge >= 0.3 is 0 Å². The molecule has 0 aliphatic carbocycles. The molecule has 0 radical (unpaired) electrons. The summed E-state index contributed by atoms with van der Waals surface area (Å²) in [4.78, 5) is 27.2. The summed E-state index contributed by atoms with van der Waals surface area (Å²) >= 11 is 11.9. The van der Waals surface area contributed by atoms with E-state index in [0.717, 1.165) is 0 Å². The molecular weight excluding hydrogens is 303 g/mol. The van der Waals surface area contributed by atoms with Gasteiger partial charge in [0.1, 0.15) is 6.54 Å². The summed E-state index contributed by atoms with van der Waals surface area (Å²) < 4.78 is 0. The standard InChI is InChI=1S/C13H14Cl2N2O3/c14-10-3-1-2-9(12(10)15)13(20)17-5-4-16(6-7-18)11(19)8-17/h1-3,18H,4-8H2. The van der Waals surface area contributed by atoms with Crippen molar-refractivity contribution >= 4 is 35.0 Å². The Balaban J connectivity index is 2.11. The van der Waals surface area contributed by atoms with Crippen molar-refractivity contribution in [3.63, 3.8) is 0 Å². The van der Waals surface area contributed by atoms with E-state index in [1.54, 1.807) is 18.2 Å².